The number of hydrogen-bond acceptors (Lipinski definition) is 2. The van der Waals surface area contributed by atoms with Crippen LogP contribution in [0.2, 0.25) is 0 Å². The molecule has 0 bridgehead atoms. The highest BCUT2D eigenvalue weighted by atomic mass is 19.2. The molecule has 20 heavy (non-hydrogen) atoms. The molecule has 0 aliphatic rings. The second-order valence-corrected chi connectivity index (χ2v) is 4.14. The summed E-state index contributed by atoms with van der Waals surface area (Å²) >= 11 is 0. The van der Waals surface area contributed by atoms with Gasteiger partial charge in [0.05, 0.1) is 5.56 Å². The zero-order valence-corrected chi connectivity index (χ0v) is 10.5. The van der Waals surface area contributed by atoms with Crippen molar-refractivity contribution in [3.05, 3.63) is 34.9 Å². The van der Waals surface area contributed by atoms with Crippen LogP contribution in [0.4, 0.5) is 22.0 Å². The summed E-state index contributed by atoms with van der Waals surface area (Å²) in [5.74, 6) is -11.0. The molecule has 1 atom stereocenters. The Morgan fingerprint density at radius 3 is 2.25 bits per heavy atom. The highest BCUT2D eigenvalue weighted by molar-refractivity contribution is 6.13. The van der Waals surface area contributed by atoms with Crippen LogP contribution in [0.15, 0.2) is 6.07 Å². The summed E-state index contributed by atoms with van der Waals surface area (Å²) in [6.45, 7) is 1.73. The fourth-order valence-corrected chi connectivity index (χ4v) is 1.51. The van der Waals surface area contributed by atoms with Crippen molar-refractivity contribution in [3.8, 4) is 0 Å². The maximum Gasteiger partial charge on any atom is 0.220 e. The van der Waals surface area contributed by atoms with E-state index in [1.165, 1.54) is 0 Å². The molecule has 0 aliphatic carbocycles. The molecule has 0 saturated heterocycles. The molecule has 0 radical (unpaired) electrons. The number of alkyl halides is 1. The zero-order valence-electron chi connectivity index (χ0n) is 10.5. The average molecular weight is 294 g/mol. The number of hydrogen-bond donors (Lipinski definition) is 0. The smallest absolute Gasteiger partial charge is 0.220 e. The summed E-state index contributed by atoms with van der Waals surface area (Å²) in [4.78, 5) is 22.8. The molecule has 1 rings (SSSR count). The molecule has 1 unspecified atom stereocenters. The number of rotatable bonds is 6. The summed E-state index contributed by atoms with van der Waals surface area (Å²) in [6, 6.07) is 0.0375. The van der Waals surface area contributed by atoms with Crippen LogP contribution in [0.1, 0.15) is 36.5 Å². The first-order valence-corrected chi connectivity index (χ1v) is 5.85. The highest BCUT2D eigenvalue weighted by Crippen LogP contribution is 2.21. The molecule has 110 valence electrons. The summed E-state index contributed by atoms with van der Waals surface area (Å²) in [5.41, 5.74) is -1.32. The van der Waals surface area contributed by atoms with E-state index in [1.807, 2.05) is 0 Å². The molecule has 1 aromatic rings. The van der Waals surface area contributed by atoms with Crippen LogP contribution in [0, 0.1) is 23.3 Å². The van der Waals surface area contributed by atoms with Crippen molar-refractivity contribution in [2.75, 3.05) is 0 Å². The molecular formula is C13H11F5O2. The maximum absolute atomic E-state index is 13.5. The fraction of sp³-hybridized carbons (Fsp3) is 0.385. The normalized spacial score (nSPS) is 12.3. The second kappa shape index (κ2) is 6.58. The Labute approximate surface area is 111 Å². The van der Waals surface area contributed by atoms with Gasteiger partial charge in [0.25, 0.3) is 0 Å². The van der Waals surface area contributed by atoms with E-state index in [0.717, 1.165) is 0 Å². The maximum atomic E-state index is 13.5. The molecule has 0 aromatic heterocycles. The van der Waals surface area contributed by atoms with Crippen LogP contribution in [0.5, 0.6) is 0 Å². The van der Waals surface area contributed by atoms with Crippen molar-refractivity contribution in [1.82, 2.24) is 0 Å². The topological polar surface area (TPSA) is 34.1 Å². The highest BCUT2D eigenvalue weighted by Gasteiger charge is 2.31. The quantitative estimate of drug-likeness (QED) is 0.264. The third kappa shape index (κ3) is 3.20. The van der Waals surface area contributed by atoms with Gasteiger partial charge in [-0.2, -0.15) is 0 Å². The van der Waals surface area contributed by atoms with Gasteiger partial charge < -0.3 is 0 Å². The first kappa shape index (κ1) is 16.3. The third-order valence-electron chi connectivity index (χ3n) is 2.66. The zero-order chi connectivity index (χ0) is 15.4. The van der Waals surface area contributed by atoms with Gasteiger partial charge in [0.1, 0.15) is 0 Å². The molecule has 7 heteroatoms. The van der Waals surface area contributed by atoms with Gasteiger partial charge in [-0.1, -0.05) is 13.3 Å². The van der Waals surface area contributed by atoms with Crippen molar-refractivity contribution < 1.29 is 31.5 Å². The number of benzene rings is 1. The van der Waals surface area contributed by atoms with Gasteiger partial charge in [-0.05, 0) is 12.5 Å². The number of unbranched alkanes of at least 4 members (excludes halogenated alkanes) is 1. The summed E-state index contributed by atoms with van der Waals surface area (Å²) in [6.07, 6.45) is -2.08. The lowest BCUT2D eigenvalue weighted by Gasteiger charge is -2.08. The number of ketones is 2. The Morgan fingerprint density at radius 2 is 1.70 bits per heavy atom. The van der Waals surface area contributed by atoms with Crippen molar-refractivity contribution in [1.29, 1.82) is 0 Å². The van der Waals surface area contributed by atoms with Crippen LogP contribution >= 0.6 is 0 Å². The van der Waals surface area contributed by atoms with Crippen molar-refractivity contribution in [3.63, 3.8) is 0 Å². The molecule has 0 amide bonds. The number of carbonyl (C=O) groups is 2. The molecular weight excluding hydrogens is 283 g/mol. The van der Waals surface area contributed by atoms with E-state index in [-0.39, 0.29) is 12.5 Å². The molecule has 0 N–H and O–H groups in total. The van der Waals surface area contributed by atoms with Crippen LogP contribution in [-0.4, -0.2) is 17.7 Å². The van der Waals surface area contributed by atoms with Crippen LogP contribution in [0.25, 0.3) is 0 Å². The van der Waals surface area contributed by atoms with E-state index in [0.29, 0.717) is 12.8 Å². The van der Waals surface area contributed by atoms with Gasteiger partial charge in [-0.15, -0.1) is 0 Å². The van der Waals surface area contributed by atoms with Gasteiger partial charge in [0.2, 0.25) is 12.0 Å². The molecule has 0 saturated carbocycles. The van der Waals surface area contributed by atoms with E-state index in [2.05, 4.69) is 0 Å². The van der Waals surface area contributed by atoms with Gasteiger partial charge in [-0.3, -0.25) is 9.59 Å². The van der Waals surface area contributed by atoms with Gasteiger partial charge in [-0.25, -0.2) is 22.0 Å². The average Bonchev–Trinajstić information content (AvgIpc) is 2.44. The molecule has 0 heterocycles. The number of Topliss-reactive ketones (excluding diaryl/α,β-unsaturated/α-hetero) is 2. The van der Waals surface area contributed by atoms with Gasteiger partial charge in [0.15, 0.2) is 29.1 Å². The predicted molar refractivity (Wildman–Crippen MR) is 60.0 cm³/mol. The number of carbonyl (C=O) groups excluding carboxylic acids is 2. The van der Waals surface area contributed by atoms with Crippen molar-refractivity contribution in [2.45, 2.75) is 32.4 Å². The Bertz CT molecular complexity index is 542. The monoisotopic (exact) mass is 294 g/mol. The Hall–Kier alpha value is -1.79. The third-order valence-corrected chi connectivity index (χ3v) is 2.66. The standard InChI is InChI=1S/C13H11F5O2/c1-2-3-4-8(19)11(17)13(20)6-5-7(14)10(16)12(18)9(6)15/h5,11H,2-4H2,1H3. The second-order valence-electron chi connectivity index (χ2n) is 4.14. The minimum Gasteiger partial charge on any atom is -0.296 e. The fourth-order valence-electron chi connectivity index (χ4n) is 1.51. The molecule has 0 fully saturated rings. The van der Waals surface area contributed by atoms with Gasteiger partial charge >= 0.3 is 0 Å². The lowest BCUT2D eigenvalue weighted by molar-refractivity contribution is -0.122. The summed E-state index contributed by atoms with van der Waals surface area (Å²) in [7, 11) is 0. The summed E-state index contributed by atoms with van der Waals surface area (Å²) in [5, 5.41) is 0. The van der Waals surface area contributed by atoms with Gasteiger partial charge in [0, 0.05) is 6.42 Å². The van der Waals surface area contributed by atoms with Crippen LogP contribution in [-0.2, 0) is 4.79 Å². The predicted octanol–water partition coefficient (Wildman–Crippen LogP) is 3.52. The lowest BCUT2D eigenvalue weighted by Crippen LogP contribution is -2.27. The lowest BCUT2D eigenvalue weighted by atomic mass is 10.0. The molecule has 0 aliphatic heterocycles. The minimum atomic E-state index is -2.72. The first-order valence-electron chi connectivity index (χ1n) is 5.85. The van der Waals surface area contributed by atoms with E-state index in [9.17, 15) is 31.5 Å². The van der Waals surface area contributed by atoms with E-state index >= 15 is 0 Å². The summed E-state index contributed by atoms with van der Waals surface area (Å²) < 4.78 is 65.4. The Kier molecular flexibility index (Phi) is 5.35. The van der Waals surface area contributed by atoms with E-state index in [1.54, 1.807) is 6.92 Å². The first-order chi connectivity index (χ1) is 9.31. The molecule has 0 spiro atoms. The number of halogens is 5. The Balaban J connectivity index is 3.07. The minimum absolute atomic E-state index is 0.0375. The van der Waals surface area contributed by atoms with E-state index in [4.69, 9.17) is 0 Å². The van der Waals surface area contributed by atoms with Crippen molar-refractivity contribution in [2.24, 2.45) is 0 Å². The molecule has 2 nitrogen and oxygen atoms in total. The molecule has 1 aromatic carbocycles. The van der Waals surface area contributed by atoms with Crippen molar-refractivity contribution >= 4 is 11.6 Å². The van der Waals surface area contributed by atoms with Crippen LogP contribution < -0.4 is 0 Å². The largest absolute Gasteiger partial charge is 0.296 e. The van der Waals surface area contributed by atoms with Crippen LogP contribution in [0.3, 0.4) is 0 Å². The Morgan fingerprint density at radius 1 is 1.10 bits per heavy atom. The SMILES string of the molecule is CCCCC(=O)C(F)C(=O)c1cc(F)c(F)c(F)c1F. The van der Waals surface area contributed by atoms with E-state index < -0.39 is 46.6 Å².